The maximum Gasteiger partial charge on any atom is 0.0546 e. The van der Waals surface area contributed by atoms with Crippen molar-refractivity contribution in [1.29, 1.82) is 0 Å². The Morgan fingerprint density at radius 2 is 0.826 bits per heavy atom. The number of hydrogen-bond donors (Lipinski definition) is 0. The third-order valence-corrected chi connectivity index (χ3v) is 16.8. The van der Waals surface area contributed by atoms with E-state index in [1.165, 1.54) is 133 Å². The third-order valence-electron chi connectivity index (χ3n) is 16.8. The fourth-order valence-corrected chi connectivity index (χ4v) is 13.1. The summed E-state index contributed by atoms with van der Waals surface area (Å²) in [7, 11) is 0. The molecule has 0 spiro atoms. The lowest BCUT2D eigenvalue weighted by atomic mass is 9.71. The van der Waals surface area contributed by atoms with Crippen LogP contribution in [-0.4, -0.2) is 0 Å². The van der Waals surface area contributed by atoms with Gasteiger partial charge in [0, 0.05) is 38.4 Å². The highest BCUT2D eigenvalue weighted by molar-refractivity contribution is 6.25. The van der Waals surface area contributed by atoms with Crippen LogP contribution < -0.4 is 9.80 Å². The summed E-state index contributed by atoms with van der Waals surface area (Å²) < 4.78 is 0. The van der Waals surface area contributed by atoms with Crippen molar-refractivity contribution in [3.63, 3.8) is 0 Å². The Balaban J connectivity index is 1.10. The summed E-state index contributed by atoms with van der Waals surface area (Å²) in [5.74, 6) is 0. The van der Waals surface area contributed by atoms with Crippen LogP contribution >= 0.6 is 0 Å². The van der Waals surface area contributed by atoms with Gasteiger partial charge in [-0.25, -0.2) is 0 Å². The van der Waals surface area contributed by atoms with E-state index in [1.54, 1.807) is 0 Å². The first-order chi connectivity index (χ1) is 33.4. The number of anilines is 6. The number of aryl methyl sites for hydroxylation is 2. The smallest absolute Gasteiger partial charge is 0.0546 e. The maximum absolute atomic E-state index is 2.63. The first kappa shape index (κ1) is 41.7. The van der Waals surface area contributed by atoms with Gasteiger partial charge in [0.2, 0.25) is 0 Å². The zero-order valence-electron chi connectivity index (χ0n) is 41.1. The van der Waals surface area contributed by atoms with Gasteiger partial charge in [0.15, 0.2) is 0 Å². The zero-order valence-corrected chi connectivity index (χ0v) is 41.1. The molecule has 3 aliphatic rings. The van der Waals surface area contributed by atoms with E-state index in [-0.39, 0.29) is 16.2 Å². The van der Waals surface area contributed by atoms with E-state index >= 15 is 0 Å². The SMILES string of the molecule is CCc1ccccc1N(c1cc2c(cc1CC)-c1ccccc1C2(C)C)c1cc2c3ccccc3c(N3c4ccccc4C(C)(C)c4cc5c(cc43)C(C)(C)c3ccccc3-5)cc2c2ccccc12. The van der Waals surface area contributed by atoms with E-state index < -0.39 is 0 Å². The van der Waals surface area contributed by atoms with Crippen molar-refractivity contribution < 1.29 is 0 Å². The van der Waals surface area contributed by atoms with E-state index in [0.717, 1.165) is 12.8 Å². The van der Waals surface area contributed by atoms with E-state index in [1.807, 2.05) is 0 Å². The van der Waals surface area contributed by atoms with Crippen molar-refractivity contribution in [2.24, 2.45) is 0 Å². The normalized spacial score (nSPS) is 15.4. The van der Waals surface area contributed by atoms with Crippen LogP contribution in [-0.2, 0) is 29.1 Å². The van der Waals surface area contributed by atoms with Crippen LogP contribution in [0.5, 0.6) is 0 Å². The van der Waals surface area contributed by atoms with Gasteiger partial charge in [-0.1, -0.05) is 189 Å². The minimum absolute atomic E-state index is 0.135. The van der Waals surface area contributed by atoms with Gasteiger partial charge >= 0.3 is 0 Å². The van der Waals surface area contributed by atoms with Gasteiger partial charge < -0.3 is 9.80 Å². The van der Waals surface area contributed by atoms with Crippen molar-refractivity contribution >= 4 is 66.4 Å². The molecule has 2 nitrogen and oxygen atoms in total. The molecule has 2 heteroatoms. The van der Waals surface area contributed by atoms with Gasteiger partial charge in [0.25, 0.3) is 0 Å². The summed E-state index contributed by atoms with van der Waals surface area (Å²) in [5, 5.41) is 7.48. The van der Waals surface area contributed by atoms with Gasteiger partial charge in [-0.2, -0.15) is 0 Å². The van der Waals surface area contributed by atoms with Crippen molar-refractivity contribution in [3.8, 4) is 22.3 Å². The number of para-hydroxylation sites is 2. The summed E-state index contributed by atoms with van der Waals surface area (Å²) in [6.07, 6.45) is 1.84. The van der Waals surface area contributed by atoms with Gasteiger partial charge in [-0.05, 0) is 150 Å². The zero-order chi connectivity index (χ0) is 47.1. The highest BCUT2D eigenvalue weighted by Gasteiger charge is 2.43. The van der Waals surface area contributed by atoms with Crippen molar-refractivity contribution in [3.05, 3.63) is 226 Å². The largest absolute Gasteiger partial charge is 0.309 e. The summed E-state index contributed by atoms with van der Waals surface area (Å²) in [6.45, 7) is 19.1. The number of hydrogen-bond acceptors (Lipinski definition) is 2. The molecule has 0 saturated heterocycles. The predicted molar refractivity (Wildman–Crippen MR) is 294 cm³/mol. The van der Waals surface area contributed by atoms with Crippen LogP contribution in [0.25, 0.3) is 54.6 Å². The second-order valence-corrected chi connectivity index (χ2v) is 21.4. The van der Waals surface area contributed by atoms with Crippen molar-refractivity contribution in [2.45, 2.75) is 84.5 Å². The molecule has 69 heavy (non-hydrogen) atoms. The predicted octanol–water partition coefficient (Wildman–Crippen LogP) is 18.5. The lowest BCUT2D eigenvalue weighted by Gasteiger charge is -2.43. The molecule has 10 aromatic carbocycles. The molecule has 1 heterocycles. The molecule has 0 fully saturated rings. The molecule has 2 aliphatic carbocycles. The van der Waals surface area contributed by atoms with Crippen LogP contribution in [0.2, 0.25) is 0 Å². The number of benzene rings is 10. The maximum atomic E-state index is 2.63. The second kappa shape index (κ2) is 14.8. The standard InChI is InChI=1S/C67H58N2/c1-9-41-23-11-21-33-59(41)68(61-39-56-51(35-42(61)10-2)45-26-16-18-30-53(45)65(56,3)4)62-37-49-44-25-13-15-29-48(44)63(38-50(49)43-24-12-14-28-47(43)62)69-60-34-22-20-32-55(60)67(7,8)58-36-52-46-27-17-19-31-54(46)66(5,6)57(52)40-64(58)69/h11-40H,9-10H2,1-8H3. The molecule has 0 saturated carbocycles. The molecule has 13 rings (SSSR count). The lowest BCUT2D eigenvalue weighted by molar-refractivity contribution is 0.627. The Kier molecular flexibility index (Phi) is 8.95. The topological polar surface area (TPSA) is 6.48 Å². The second-order valence-electron chi connectivity index (χ2n) is 21.4. The minimum atomic E-state index is -0.224. The monoisotopic (exact) mass is 890 g/mol. The molecule has 0 bridgehead atoms. The Morgan fingerprint density at radius 3 is 1.51 bits per heavy atom. The molecule has 0 N–H and O–H groups in total. The van der Waals surface area contributed by atoms with Gasteiger partial charge in [0.05, 0.1) is 22.7 Å². The fraction of sp³-hybridized carbons (Fsp3) is 0.194. The van der Waals surface area contributed by atoms with Crippen LogP contribution in [0, 0.1) is 0 Å². The van der Waals surface area contributed by atoms with E-state index in [0.29, 0.717) is 0 Å². The molecule has 0 radical (unpaired) electrons. The first-order valence-corrected chi connectivity index (χ1v) is 25.1. The Morgan fingerprint density at radius 1 is 0.319 bits per heavy atom. The van der Waals surface area contributed by atoms with Crippen LogP contribution in [0.4, 0.5) is 34.1 Å². The summed E-state index contributed by atoms with van der Waals surface area (Å²) in [6, 6.07) is 69.8. The van der Waals surface area contributed by atoms with Gasteiger partial charge in [-0.15, -0.1) is 0 Å². The Hall–Kier alpha value is -7.42. The van der Waals surface area contributed by atoms with E-state index in [2.05, 4.69) is 247 Å². The lowest BCUT2D eigenvalue weighted by Crippen LogP contribution is -2.31. The summed E-state index contributed by atoms with van der Waals surface area (Å²) in [4.78, 5) is 5.24. The van der Waals surface area contributed by atoms with Crippen LogP contribution in [0.15, 0.2) is 182 Å². The molecular formula is C67H58N2. The molecule has 0 atom stereocenters. The van der Waals surface area contributed by atoms with Crippen molar-refractivity contribution in [1.82, 2.24) is 0 Å². The number of nitrogens with zero attached hydrogens (tertiary/aromatic N) is 2. The minimum Gasteiger partial charge on any atom is -0.309 e. The molecule has 336 valence electrons. The summed E-state index contributed by atoms with van der Waals surface area (Å²) >= 11 is 0. The first-order valence-electron chi connectivity index (χ1n) is 25.1. The number of fused-ring (bicyclic) bond motifs is 13. The molecule has 0 amide bonds. The average molecular weight is 891 g/mol. The van der Waals surface area contributed by atoms with E-state index in [4.69, 9.17) is 0 Å². The molecule has 1 aliphatic heterocycles. The highest BCUT2D eigenvalue weighted by atomic mass is 15.2. The van der Waals surface area contributed by atoms with Crippen molar-refractivity contribution in [2.75, 3.05) is 9.80 Å². The summed E-state index contributed by atoms with van der Waals surface area (Å²) in [5.41, 5.74) is 23.3. The van der Waals surface area contributed by atoms with Gasteiger partial charge in [0.1, 0.15) is 0 Å². The fourth-order valence-electron chi connectivity index (χ4n) is 13.1. The van der Waals surface area contributed by atoms with Crippen LogP contribution in [0.1, 0.15) is 99.9 Å². The molecule has 0 unspecified atom stereocenters. The molecular weight excluding hydrogens is 833 g/mol. The molecule has 0 aromatic heterocycles. The van der Waals surface area contributed by atoms with E-state index in [9.17, 15) is 0 Å². The van der Waals surface area contributed by atoms with Gasteiger partial charge in [-0.3, -0.25) is 0 Å². The highest BCUT2D eigenvalue weighted by Crippen LogP contribution is 2.59. The Labute approximate surface area is 407 Å². The quantitative estimate of drug-likeness (QED) is 0.154. The van der Waals surface area contributed by atoms with Crippen LogP contribution in [0.3, 0.4) is 0 Å². The number of rotatable bonds is 6. The third kappa shape index (κ3) is 5.72. The Bertz CT molecular complexity index is 3810. The average Bonchev–Trinajstić information content (AvgIpc) is 3.74. The molecule has 10 aromatic rings.